The number of aromatic nitrogens is 2. The fourth-order valence-electron chi connectivity index (χ4n) is 3.85. The highest BCUT2D eigenvalue weighted by atomic mass is 32.1. The number of nitrogens with one attached hydrogen (secondary N) is 1. The number of thiocarbonyl (C=S) groups is 1. The number of benzene rings is 1. The average Bonchev–Trinajstić information content (AvgIpc) is 3.34. The molecule has 1 N–H and O–H groups in total. The zero-order valence-electron chi connectivity index (χ0n) is 17.9. The number of anilines is 1. The van der Waals surface area contributed by atoms with Gasteiger partial charge in [0.1, 0.15) is 5.75 Å². The second kappa shape index (κ2) is 8.11. The summed E-state index contributed by atoms with van der Waals surface area (Å²) in [6.45, 7) is 9.24. The summed E-state index contributed by atoms with van der Waals surface area (Å²) in [5.41, 5.74) is 3.21. The molecule has 2 atom stereocenters. The van der Waals surface area contributed by atoms with Crippen LogP contribution in [0.4, 0.5) is 5.69 Å². The molecule has 30 heavy (non-hydrogen) atoms. The van der Waals surface area contributed by atoms with Crippen molar-refractivity contribution >= 4 is 23.0 Å². The standard InChI is InChI=1S/C24H28N4OS/c1-5-29-19-11-9-18(10-12-19)28-22(17-13-15-27(16-17)24(2,3)4)21(26-23(28)30)20-8-6-7-14-25-20/h6-16,21-22H,5H2,1-4H3,(H,26,30)/t21-,22-/m1/s1. The van der Waals surface area contributed by atoms with Gasteiger partial charge in [0.15, 0.2) is 5.11 Å². The molecule has 6 heteroatoms. The van der Waals surface area contributed by atoms with E-state index in [4.69, 9.17) is 17.0 Å². The van der Waals surface area contributed by atoms with E-state index in [1.807, 2.05) is 37.4 Å². The third-order valence-electron chi connectivity index (χ3n) is 5.36. The highest BCUT2D eigenvalue weighted by molar-refractivity contribution is 7.80. The van der Waals surface area contributed by atoms with E-state index in [2.05, 4.69) is 77.2 Å². The number of ether oxygens (including phenoxy) is 1. The first-order chi connectivity index (χ1) is 14.4. The van der Waals surface area contributed by atoms with Gasteiger partial charge in [-0.15, -0.1) is 0 Å². The van der Waals surface area contributed by atoms with E-state index in [-0.39, 0.29) is 17.6 Å². The molecule has 1 saturated heterocycles. The van der Waals surface area contributed by atoms with Crippen molar-refractivity contribution in [2.24, 2.45) is 0 Å². The Morgan fingerprint density at radius 1 is 1.10 bits per heavy atom. The molecule has 5 nitrogen and oxygen atoms in total. The maximum absolute atomic E-state index is 5.79. The van der Waals surface area contributed by atoms with Crippen LogP contribution >= 0.6 is 12.2 Å². The molecule has 3 aromatic rings. The van der Waals surface area contributed by atoms with Gasteiger partial charge in [-0.05, 0) is 87.9 Å². The van der Waals surface area contributed by atoms with Crippen molar-refractivity contribution in [3.05, 3.63) is 78.4 Å². The summed E-state index contributed by atoms with van der Waals surface area (Å²) in [5.74, 6) is 0.857. The van der Waals surface area contributed by atoms with Gasteiger partial charge in [0, 0.05) is 29.8 Å². The Balaban J connectivity index is 1.77. The summed E-state index contributed by atoms with van der Waals surface area (Å²) >= 11 is 5.79. The lowest BCUT2D eigenvalue weighted by Gasteiger charge is -2.28. The molecule has 0 saturated carbocycles. The van der Waals surface area contributed by atoms with E-state index in [1.165, 1.54) is 5.56 Å². The second-order valence-electron chi connectivity index (χ2n) is 8.45. The van der Waals surface area contributed by atoms with Gasteiger partial charge in [0.2, 0.25) is 0 Å². The van der Waals surface area contributed by atoms with E-state index in [1.54, 1.807) is 0 Å². The van der Waals surface area contributed by atoms with Crippen LogP contribution in [0.15, 0.2) is 67.1 Å². The maximum atomic E-state index is 5.79. The van der Waals surface area contributed by atoms with Crippen molar-refractivity contribution in [2.45, 2.75) is 45.3 Å². The topological polar surface area (TPSA) is 42.3 Å². The summed E-state index contributed by atoms with van der Waals surface area (Å²) in [6, 6.07) is 16.3. The first-order valence-electron chi connectivity index (χ1n) is 10.3. The minimum absolute atomic E-state index is 0.00561. The number of pyridine rings is 1. The van der Waals surface area contributed by atoms with E-state index in [0.717, 1.165) is 17.1 Å². The minimum Gasteiger partial charge on any atom is -0.494 e. The molecule has 0 amide bonds. The largest absolute Gasteiger partial charge is 0.494 e. The van der Waals surface area contributed by atoms with E-state index >= 15 is 0 Å². The Kier molecular flexibility index (Phi) is 5.52. The number of rotatable bonds is 5. The third-order valence-corrected chi connectivity index (χ3v) is 5.67. The second-order valence-corrected chi connectivity index (χ2v) is 8.83. The van der Waals surface area contributed by atoms with Crippen LogP contribution in [0.2, 0.25) is 0 Å². The molecule has 1 aromatic carbocycles. The number of hydrogen-bond acceptors (Lipinski definition) is 3. The minimum atomic E-state index is -0.0407. The number of hydrogen-bond donors (Lipinski definition) is 1. The average molecular weight is 421 g/mol. The summed E-state index contributed by atoms with van der Waals surface area (Å²) in [6.07, 6.45) is 6.19. The fourth-order valence-corrected chi connectivity index (χ4v) is 4.19. The Morgan fingerprint density at radius 3 is 2.47 bits per heavy atom. The van der Waals surface area contributed by atoms with Gasteiger partial charge in [-0.3, -0.25) is 4.98 Å². The Morgan fingerprint density at radius 2 is 1.87 bits per heavy atom. The number of nitrogens with zero attached hydrogens (tertiary/aromatic N) is 3. The molecule has 1 aliphatic rings. The van der Waals surface area contributed by atoms with Crippen LogP contribution in [0.25, 0.3) is 0 Å². The summed E-state index contributed by atoms with van der Waals surface area (Å²) in [5, 5.41) is 4.21. The molecule has 1 fully saturated rings. The highest BCUT2D eigenvalue weighted by Crippen LogP contribution is 2.42. The van der Waals surface area contributed by atoms with Gasteiger partial charge < -0.3 is 19.5 Å². The summed E-state index contributed by atoms with van der Waals surface area (Å²) < 4.78 is 7.86. The van der Waals surface area contributed by atoms with Gasteiger partial charge in [-0.25, -0.2) is 0 Å². The Labute approximate surface area is 183 Å². The van der Waals surface area contributed by atoms with Crippen LogP contribution in [-0.2, 0) is 5.54 Å². The van der Waals surface area contributed by atoms with Gasteiger partial charge in [-0.2, -0.15) is 0 Å². The molecule has 0 aliphatic carbocycles. The lowest BCUT2D eigenvalue weighted by Crippen LogP contribution is -2.29. The molecule has 2 aromatic heterocycles. The Bertz CT molecular complexity index is 1010. The third kappa shape index (κ3) is 3.92. The van der Waals surface area contributed by atoms with E-state index < -0.39 is 0 Å². The smallest absolute Gasteiger partial charge is 0.174 e. The van der Waals surface area contributed by atoms with Gasteiger partial charge in [0.05, 0.1) is 24.4 Å². The van der Waals surface area contributed by atoms with Crippen molar-refractivity contribution < 1.29 is 4.74 Å². The molecule has 0 radical (unpaired) electrons. The van der Waals surface area contributed by atoms with Crippen molar-refractivity contribution in [1.82, 2.24) is 14.9 Å². The first kappa shape index (κ1) is 20.4. The normalized spacial score (nSPS) is 19.1. The predicted octanol–water partition coefficient (Wildman–Crippen LogP) is 5.21. The van der Waals surface area contributed by atoms with Crippen molar-refractivity contribution in [2.75, 3.05) is 11.5 Å². The van der Waals surface area contributed by atoms with Crippen molar-refractivity contribution in [3.63, 3.8) is 0 Å². The molecule has 3 heterocycles. The summed E-state index contributed by atoms with van der Waals surface area (Å²) in [4.78, 5) is 6.80. The van der Waals surface area contributed by atoms with Crippen LogP contribution in [-0.4, -0.2) is 21.3 Å². The van der Waals surface area contributed by atoms with Crippen LogP contribution in [0.3, 0.4) is 0 Å². The van der Waals surface area contributed by atoms with Crippen molar-refractivity contribution in [3.8, 4) is 5.75 Å². The monoisotopic (exact) mass is 420 g/mol. The molecule has 1 aliphatic heterocycles. The van der Waals surface area contributed by atoms with Crippen LogP contribution in [0.5, 0.6) is 5.75 Å². The molecule has 0 bridgehead atoms. The molecule has 156 valence electrons. The van der Waals surface area contributed by atoms with Gasteiger partial charge in [0.25, 0.3) is 0 Å². The zero-order valence-corrected chi connectivity index (χ0v) is 18.7. The summed E-state index contributed by atoms with van der Waals surface area (Å²) in [7, 11) is 0. The highest BCUT2D eigenvalue weighted by Gasteiger charge is 2.41. The van der Waals surface area contributed by atoms with Crippen LogP contribution in [0, 0.1) is 0 Å². The van der Waals surface area contributed by atoms with Gasteiger partial charge >= 0.3 is 0 Å². The lowest BCUT2D eigenvalue weighted by molar-refractivity contribution is 0.340. The molecule has 0 unspecified atom stereocenters. The molecule has 4 rings (SSSR count). The SMILES string of the molecule is CCOc1ccc(N2C(=S)N[C@H](c3ccccn3)[C@H]2c2ccn(C(C)(C)C)c2)cc1. The zero-order chi connectivity index (χ0) is 21.3. The fraction of sp³-hybridized carbons (Fsp3) is 0.333. The quantitative estimate of drug-likeness (QED) is 0.574. The first-order valence-corrected chi connectivity index (χ1v) is 10.7. The maximum Gasteiger partial charge on any atom is 0.174 e. The van der Waals surface area contributed by atoms with Crippen LogP contribution in [0.1, 0.15) is 51.0 Å². The Hall–Kier alpha value is -2.86. The van der Waals surface area contributed by atoms with E-state index in [9.17, 15) is 0 Å². The molecular formula is C24H28N4OS. The van der Waals surface area contributed by atoms with Gasteiger partial charge in [-0.1, -0.05) is 6.07 Å². The van der Waals surface area contributed by atoms with Crippen molar-refractivity contribution in [1.29, 1.82) is 0 Å². The van der Waals surface area contributed by atoms with Crippen LogP contribution < -0.4 is 15.0 Å². The van der Waals surface area contributed by atoms with E-state index in [0.29, 0.717) is 11.7 Å². The molecule has 0 spiro atoms. The molecular weight excluding hydrogens is 392 g/mol. The lowest BCUT2D eigenvalue weighted by atomic mass is 9.98. The predicted molar refractivity (Wildman–Crippen MR) is 125 cm³/mol.